The number of rotatable bonds is 4. The van der Waals surface area contributed by atoms with Gasteiger partial charge in [0.2, 0.25) is 0 Å². The van der Waals surface area contributed by atoms with Crippen LogP contribution < -0.4 is 4.90 Å². The van der Waals surface area contributed by atoms with Gasteiger partial charge in [-0.25, -0.2) is 9.59 Å². The second kappa shape index (κ2) is 7.25. The van der Waals surface area contributed by atoms with E-state index in [4.69, 9.17) is 9.84 Å². The van der Waals surface area contributed by atoms with E-state index in [2.05, 4.69) is 5.10 Å². The number of piperazine rings is 1. The smallest absolute Gasteiger partial charge is 0.410 e. The van der Waals surface area contributed by atoms with E-state index in [1.165, 1.54) is 0 Å². The summed E-state index contributed by atoms with van der Waals surface area (Å²) in [7, 11) is 1.71. The molecule has 1 fully saturated rings. The monoisotopic (exact) mass is 344 g/mol. The summed E-state index contributed by atoms with van der Waals surface area (Å²) in [5, 5.41) is 13.0. The van der Waals surface area contributed by atoms with Crippen LogP contribution >= 0.6 is 0 Å². The average Bonchev–Trinajstić information content (AvgIpc) is 3.03. The highest BCUT2D eigenvalue weighted by Gasteiger charge is 2.25. The summed E-state index contributed by atoms with van der Waals surface area (Å²) in [6, 6.07) is 11.1. The van der Waals surface area contributed by atoms with Gasteiger partial charge in [0.05, 0.1) is 0 Å². The lowest BCUT2D eigenvalue weighted by atomic mass is 10.2. The molecule has 8 heteroatoms. The number of aromatic carboxylic acids is 1. The highest BCUT2D eigenvalue weighted by atomic mass is 16.6. The maximum absolute atomic E-state index is 12.2. The van der Waals surface area contributed by atoms with Crippen molar-refractivity contribution in [1.29, 1.82) is 0 Å². The molecule has 1 aliphatic rings. The van der Waals surface area contributed by atoms with Crippen LogP contribution in [0.2, 0.25) is 0 Å². The van der Waals surface area contributed by atoms with Crippen molar-refractivity contribution in [1.82, 2.24) is 14.7 Å². The predicted octanol–water partition coefficient (Wildman–Crippen LogP) is 1.58. The van der Waals surface area contributed by atoms with Gasteiger partial charge < -0.3 is 19.6 Å². The SMILES string of the molecule is Cn1nc(C(=O)O)cc1N1CCN(C(=O)OCc2ccccc2)CC1. The molecule has 0 spiro atoms. The van der Waals surface area contributed by atoms with Crippen molar-refractivity contribution >= 4 is 17.9 Å². The molecule has 25 heavy (non-hydrogen) atoms. The molecule has 132 valence electrons. The van der Waals surface area contributed by atoms with Gasteiger partial charge in [0.15, 0.2) is 5.69 Å². The number of hydrogen-bond acceptors (Lipinski definition) is 5. The summed E-state index contributed by atoms with van der Waals surface area (Å²) >= 11 is 0. The molecule has 3 rings (SSSR count). The van der Waals surface area contributed by atoms with Crippen LogP contribution in [0.5, 0.6) is 0 Å². The number of amides is 1. The molecule has 2 aromatic rings. The van der Waals surface area contributed by atoms with Crippen LogP contribution in [0.15, 0.2) is 36.4 Å². The van der Waals surface area contributed by atoms with Gasteiger partial charge in [-0.2, -0.15) is 5.10 Å². The zero-order valence-electron chi connectivity index (χ0n) is 14.0. The van der Waals surface area contributed by atoms with Crippen molar-refractivity contribution in [3.05, 3.63) is 47.7 Å². The number of anilines is 1. The van der Waals surface area contributed by atoms with Gasteiger partial charge in [0.1, 0.15) is 12.4 Å². The molecule has 0 unspecified atom stereocenters. The Morgan fingerprint density at radius 2 is 1.84 bits per heavy atom. The second-order valence-corrected chi connectivity index (χ2v) is 5.83. The highest BCUT2D eigenvalue weighted by Crippen LogP contribution is 2.18. The normalized spacial score (nSPS) is 14.4. The van der Waals surface area contributed by atoms with Crippen LogP contribution in [0.3, 0.4) is 0 Å². The van der Waals surface area contributed by atoms with E-state index in [1.807, 2.05) is 35.2 Å². The number of carbonyl (C=O) groups is 2. The van der Waals surface area contributed by atoms with Crippen molar-refractivity contribution in [2.45, 2.75) is 6.61 Å². The standard InChI is InChI=1S/C17H20N4O4/c1-19-15(11-14(18-19)16(22)23)20-7-9-21(10-8-20)17(24)25-12-13-5-3-2-4-6-13/h2-6,11H,7-10,12H2,1H3,(H,22,23). The molecular formula is C17H20N4O4. The third-order valence-corrected chi connectivity index (χ3v) is 4.14. The first kappa shape index (κ1) is 16.8. The van der Waals surface area contributed by atoms with Gasteiger partial charge in [0.25, 0.3) is 0 Å². The van der Waals surface area contributed by atoms with E-state index in [1.54, 1.807) is 22.7 Å². The lowest BCUT2D eigenvalue weighted by Crippen LogP contribution is -2.49. The maximum atomic E-state index is 12.2. The minimum Gasteiger partial charge on any atom is -0.476 e. The lowest BCUT2D eigenvalue weighted by Gasteiger charge is -2.35. The van der Waals surface area contributed by atoms with E-state index in [9.17, 15) is 9.59 Å². The molecule has 0 aliphatic carbocycles. The minimum absolute atomic E-state index is 0.0159. The molecular weight excluding hydrogens is 324 g/mol. The highest BCUT2D eigenvalue weighted by molar-refractivity contribution is 5.86. The molecule has 0 atom stereocenters. The molecule has 2 heterocycles. The fraction of sp³-hybridized carbons (Fsp3) is 0.353. The summed E-state index contributed by atoms with van der Waals surface area (Å²) in [6.07, 6.45) is -0.334. The summed E-state index contributed by atoms with van der Waals surface area (Å²) in [5.41, 5.74) is 0.966. The number of carboxylic acids is 1. The Labute approximate surface area is 145 Å². The largest absolute Gasteiger partial charge is 0.476 e. The van der Waals surface area contributed by atoms with Crippen molar-refractivity contribution < 1.29 is 19.4 Å². The molecule has 0 radical (unpaired) electrons. The summed E-state index contributed by atoms with van der Waals surface area (Å²) in [6.45, 7) is 2.48. The van der Waals surface area contributed by atoms with Gasteiger partial charge in [0, 0.05) is 39.3 Å². The molecule has 1 saturated heterocycles. The number of aryl methyl sites for hydroxylation is 1. The van der Waals surface area contributed by atoms with Crippen LogP contribution in [0.1, 0.15) is 16.1 Å². The molecule has 0 bridgehead atoms. The summed E-state index contributed by atoms with van der Waals surface area (Å²) in [5.74, 6) is -0.320. The molecule has 0 saturated carbocycles. The maximum Gasteiger partial charge on any atom is 0.410 e. The van der Waals surface area contributed by atoms with Gasteiger partial charge in [-0.05, 0) is 5.56 Å². The fourth-order valence-corrected chi connectivity index (χ4v) is 2.79. The Morgan fingerprint density at radius 3 is 2.44 bits per heavy atom. The van der Waals surface area contributed by atoms with Gasteiger partial charge in [-0.3, -0.25) is 4.68 Å². The van der Waals surface area contributed by atoms with E-state index in [-0.39, 0.29) is 18.4 Å². The van der Waals surface area contributed by atoms with E-state index in [0.29, 0.717) is 26.2 Å². The number of hydrogen-bond donors (Lipinski definition) is 1. The number of carbonyl (C=O) groups excluding carboxylic acids is 1. The van der Waals surface area contributed by atoms with Crippen LogP contribution in [-0.2, 0) is 18.4 Å². The first-order valence-corrected chi connectivity index (χ1v) is 8.02. The Balaban J connectivity index is 1.53. The summed E-state index contributed by atoms with van der Waals surface area (Å²) < 4.78 is 6.89. The lowest BCUT2D eigenvalue weighted by molar-refractivity contribution is 0.0689. The van der Waals surface area contributed by atoms with E-state index >= 15 is 0 Å². The molecule has 8 nitrogen and oxygen atoms in total. The Hall–Kier alpha value is -3.03. The van der Waals surface area contributed by atoms with Crippen molar-refractivity contribution in [2.24, 2.45) is 7.05 Å². The Kier molecular flexibility index (Phi) is 4.87. The number of nitrogens with zero attached hydrogens (tertiary/aromatic N) is 4. The third kappa shape index (κ3) is 3.90. The van der Waals surface area contributed by atoms with Crippen LogP contribution in [0, 0.1) is 0 Å². The van der Waals surface area contributed by atoms with Crippen molar-refractivity contribution in [2.75, 3.05) is 31.1 Å². The fourth-order valence-electron chi connectivity index (χ4n) is 2.79. The quantitative estimate of drug-likeness (QED) is 0.906. The molecule has 1 amide bonds. The van der Waals surface area contributed by atoms with Crippen LogP contribution in [-0.4, -0.2) is 58.0 Å². The van der Waals surface area contributed by atoms with Gasteiger partial charge in [-0.15, -0.1) is 0 Å². The van der Waals surface area contributed by atoms with Gasteiger partial charge >= 0.3 is 12.1 Å². The topological polar surface area (TPSA) is 87.9 Å². The number of ether oxygens (including phenoxy) is 1. The zero-order chi connectivity index (χ0) is 17.8. The third-order valence-electron chi connectivity index (χ3n) is 4.14. The minimum atomic E-state index is -1.05. The van der Waals surface area contributed by atoms with Crippen molar-refractivity contribution in [3.8, 4) is 0 Å². The predicted molar refractivity (Wildman–Crippen MR) is 90.6 cm³/mol. The van der Waals surface area contributed by atoms with E-state index in [0.717, 1.165) is 11.4 Å². The second-order valence-electron chi connectivity index (χ2n) is 5.83. The molecule has 1 N–H and O–H groups in total. The van der Waals surface area contributed by atoms with Gasteiger partial charge in [-0.1, -0.05) is 30.3 Å². The van der Waals surface area contributed by atoms with Crippen LogP contribution in [0.4, 0.5) is 10.6 Å². The van der Waals surface area contributed by atoms with Crippen LogP contribution in [0.25, 0.3) is 0 Å². The summed E-state index contributed by atoms with van der Waals surface area (Å²) in [4.78, 5) is 26.9. The van der Waals surface area contributed by atoms with E-state index < -0.39 is 5.97 Å². The molecule has 1 aromatic carbocycles. The Morgan fingerprint density at radius 1 is 1.16 bits per heavy atom. The Bertz CT molecular complexity index is 751. The molecule has 1 aliphatic heterocycles. The first-order valence-electron chi connectivity index (χ1n) is 8.02. The van der Waals surface area contributed by atoms with Crippen molar-refractivity contribution in [3.63, 3.8) is 0 Å². The average molecular weight is 344 g/mol. The number of aromatic nitrogens is 2. The number of benzene rings is 1. The first-order chi connectivity index (χ1) is 12.0. The zero-order valence-corrected chi connectivity index (χ0v) is 14.0. The molecule has 1 aromatic heterocycles. The number of carboxylic acid groups (broad SMARTS) is 1.